The van der Waals surface area contributed by atoms with Crippen LogP contribution in [-0.2, 0) is 16.1 Å². The van der Waals surface area contributed by atoms with E-state index in [0.717, 1.165) is 5.75 Å². The maximum atomic E-state index is 11.7. The Labute approximate surface area is 134 Å². The highest BCUT2D eigenvalue weighted by molar-refractivity contribution is 7.99. The van der Waals surface area contributed by atoms with Gasteiger partial charge in [0.15, 0.2) is 0 Å². The molecule has 0 atom stereocenters. The number of ether oxygens (including phenoxy) is 1. The Morgan fingerprint density at radius 1 is 1.27 bits per heavy atom. The van der Waals surface area contributed by atoms with Gasteiger partial charge in [-0.05, 0) is 12.1 Å². The molecule has 0 spiro atoms. The van der Waals surface area contributed by atoms with Gasteiger partial charge in [0.25, 0.3) is 0 Å². The summed E-state index contributed by atoms with van der Waals surface area (Å²) in [4.78, 5) is 16.7. The summed E-state index contributed by atoms with van der Waals surface area (Å²) < 4.78 is 7.13. The maximum Gasteiger partial charge on any atom is 0.220 e. The van der Waals surface area contributed by atoms with Crippen molar-refractivity contribution in [3.8, 4) is 0 Å². The van der Waals surface area contributed by atoms with Crippen LogP contribution in [0.15, 0.2) is 47.9 Å². The summed E-state index contributed by atoms with van der Waals surface area (Å²) in [6.45, 7) is 2.27. The third kappa shape index (κ3) is 6.73. The third-order valence-electron chi connectivity index (χ3n) is 2.84. The Kier molecular flexibility index (Phi) is 7.48. The summed E-state index contributed by atoms with van der Waals surface area (Å²) in [7, 11) is 0. The summed E-state index contributed by atoms with van der Waals surface area (Å²) in [5, 5.41) is 6.83. The normalized spacial score (nSPS) is 10.5. The molecule has 118 valence electrons. The van der Waals surface area contributed by atoms with Gasteiger partial charge in [0.05, 0.1) is 19.8 Å². The molecule has 0 unspecified atom stereocenters. The van der Waals surface area contributed by atoms with E-state index in [2.05, 4.69) is 15.4 Å². The molecule has 0 aliphatic heterocycles. The van der Waals surface area contributed by atoms with Crippen LogP contribution in [0.5, 0.6) is 0 Å². The van der Waals surface area contributed by atoms with E-state index in [1.165, 1.54) is 11.2 Å². The average Bonchev–Trinajstić information content (AvgIpc) is 3.05. The molecule has 0 aliphatic carbocycles. The lowest BCUT2D eigenvalue weighted by molar-refractivity contribution is -0.120. The number of nitrogens with zero attached hydrogens (tertiary/aromatic N) is 3. The fourth-order valence-corrected chi connectivity index (χ4v) is 2.61. The Balaban J connectivity index is 1.44. The first-order chi connectivity index (χ1) is 10.8. The van der Waals surface area contributed by atoms with Gasteiger partial charge in [-0.3, -0.25) is 9.48 Å². The molecule has 1 aromatic heterocycles. The van der Waals surface area contributed by atoms with Gasteiger partial charge in [-0.1, -0.05) is 18.2 Å². The van der Waals surface area contributed by atoms with Crippen LogP contribution in [0.25, 0.3) is 0 Å². The average molecular weight is 320 g/mol. The monoisotopic (exact) mass is 320 g/mol. The van der Waals surface area contributed by atoms with Gasteiger partial charge in [0, 0.05) is 23.6 Å². The van der Waals surface area contributed by atoms with Gasteiger partial charge in [0.2, 0.25) is 5.91 Å². The zero-order valence-electron chi connectivity index (χ0n) is 12.4. The van der Waals surface area contributed by atoms with Crippen molar-refractivity contribution in [2.75, 3.05) is 25.5 Å². The van der Waals surface area contributed by atoms with E-state index < -0.39 is 0 Å². The zero-order valence-corrected chi connectivity index (χ0v) is 13.2. The van der Waals surface area contributed by atoms with Gasteiger partial charge in [-0.15, -0.1) is 11.8 Å². The number of amides is 1. The van der Waals surface area contributed by atoms with E-state index in [0.29, 0.717) is 32.7 Å². The largest absolute Gasteiger partial charge is 0.378 e. The van der Waals surface area contributed by atoms with Crippen LogP contribution < -0.4 is 5.32 Å². The summed E-state index contributed by atoms with van der Waals surface area (Å²) in [5.41, 5.74) is 0. The molecule has 1 amide bonds. The fourth-order valence-electron chi connectivity index (χ4n) is 1.74. The van der Waals surface area contributed by atoms with Crippen molar-refractivity contribution < 1.29 is 9.53 Å². The van der Waals surface area contributed by atoms with Gasteiger partial charge in [-0.25, -0.2) is 4.98 Å². The molecule has 7 heteroatoms. The Hall–Kier alpha value is -1.86. The predicted octanol–water partition coefficient (Wildman–Crippen LogP) is 1.59. The molecular weight excluding hydrogens is 300 g/mol. The van der Waals surface area contributed by atoms with Crippen LogP contribution in [0, 0.1) is 0 Å². The second-order valence-electron chi connectivity index (χ2n) is 4.53. The third-order valence-corrected chi connectivity index (χ3v) is 3.85. The Morgan fingerprint density at radius 2 is 2.14 bits per heavy atom. The van der Waals surface area contributed by atoms with Crippen LogP contribution in [0.3, 0.4) is 0 Å². The van der Waals surface area contributed by atoms with Crippen LogP contribution in [0.1, 0.15) is 6.42 Å². The number of nitrogens with one attached hydrogen (secondary N) is 1. The van der Waals surface area contributed by atoms with Gasteiger partial charge < -0.3 is 10.1 Å². The van der Waals surface area contributed by atoms with Gasteiger partial charge in [0.1, 0.15) is 12.7 Å². The Morgan fingerprint density at radius 3 is 2.91 bits per heavy atom. The van der Waals surface area contributed by atoms with Crippen LogP contribution in [-0.4, -0.2) is 46.2 Å². The minimum absolute atomic E-state index is 0.0586. The second kappa shape index (κ2) is 9.97. The number of carbonyl (C=O) groups excluding carboxylic acids is 1. The number of hydrogen-bond acceptors (Lipinski definition) is 5. The molecule has 1 N–H and O–H groups in total. The lowest BCUT2D eigenvalue weighted by Gasteiger charge is -2.06. The lowest BCUT2D eigenvalue weighted by Crippen LogP contribution is -2.27. The van der Waals surface area contributed by atoms with E-state index in [1.807, 2.05) is 30.3 Å². The van der Waals surface area contributed by atoms with Crippen molar-refractivity contribution in [2.45, 2.75) is 17.9 Å². The quantitative estimate of drug-likeness (QED) is 0.532. The van der Waals surface area contributed by atoms with Gasteiger partial charge >= 0.3 is 0 Å². The van der Waals surface area contributed by atoms with Gasteiger partial charge in [-0.2, -0.15) is 5.10 Å². The number of hydrogen-bond donors (Lipinski definition) is 1. The van der Waals surface area contributed by atoms with Crippen LogP contribution in [0.2, 0.25) is 0 Å². The van der Waals surface area contributed by atoms with Crippen LogP contribution >= 0.6 is 11.8 Å². The number of aromatic nitrogens is 3. The van der Waals surface area contributed by atoms with Crippen molar-refractivity contribution in [2.24, 2.45) is 0 Å². The molecule has 1 heterocycles. The van der Waals surface area contributed by atoms with E-state index in [-0.39, 0.29) is 5.91 Å². The van der Waals surface area contributed by atoms with Crippen molar-refractivity contribution in [3.63, 3.8) is 0 Å². The molecule has 0 saturated carbocycles. The second-order valence-corrected chi connectivity index (χ2v) is 5.70. The van der Waals surface area contributed by atoms with Crippen molar-refractivity contribution in [1.29, 1.82) is 0 Å². The smallest absolute Gasteiger partial charge is 0.220 e. The number of rotatable bonds is 10. The minimum atomic E-state index is 0.0586. The first-order valence-electron chi connectivity index (χ1n) is 7.19. The van der Waals surface area contributed by atoms with Crippen molar-refractivity contribution >= 4 is 17.7 Å². The maximum absolute atomic E-state index is 11.7. The fraction of sp³-hybridized carbons (Fsp3) is 0.400. The topological polar surface area (TPSA) is 69.0 Å². The first-order valence-corrected chi connectivity index (χ1v) is 8.18. The molecule has 0 fully saturated rings. The van der Waals surface area contributed by atoms with E-state index >= 15 is 0 Å². The molecular formula is C15H20N4O2S. The minimum Gasteiger partial charge on any atom is -0.378 e. The molecule has 2 aromatic rings. The highest BCUT2D eigenvalue weighted by atomic mass is 32.2. The molecule has 6 nitrogen and oxygen atoms in total. The molecule has 1 aromatic carbocycles. The zero-order chi connectivity index (χ0) is 15.5. The molecule has 22 heavy (non-hydrogen) atoms. The van der Waals surface area contributed by atoms with E-state index in [1.54, 1.807) is 22.8 Å². The number of benzene rings is 1. The first kappa shape index (κ1) is 16.5. The molecule has 0 bridgehead atoms. The van der Waals surface area contributed by atoms with Crippen molar-refractivity contribution in [3.05, 3.63) is 43.0 Å². The highest BCUT2D eigenvalue weighted by Gasteiger charge is 2.01. The van der Waals surface area contributed by atoms with Crippen LogP contribution in [0.4, 0.5) is 0 Å². The summed E-state index contributed by atoms with van der Waals surface area (Å²) in [5.74, 6) is 0.839. The van der Waals surface area contributed by atoms with E-state index in [9.17, 15) is 4.79 Å². The molecule has 0 saturated heterocycles. The molecule has 0 radical (unpaired) electrons. The predicted molar refractivity (Wildman–Crippen MR) is 85.6 cm³/mol. The number of thioether (sulfide) groups is 1. The van der Waals surface area contributed by atoms with Crippen molar-refractivity contribution in [1.82, 2.24) is 20.1 Å². The lowest BCUT2D eigenvalue weighted by atomic mass is 10.4. The summed E-state index contributed by atoms with van der Waals surface area (Å²) in [6, 6.07) is 10.1. The Bertz CT molecular complexity index is 534. The SMILES string of the molecule is O=C(CCSc1ccccc1)NCCOCCn1cncn1. The number of carbonyl (C=O) groups is 1. The molecule has 2 rings (SSSR count). The highest BCUT2D eigenvalue weighted by Crippen LogP contribution is 2.17. The summed E-state index contributed by atoms with van der Waals surface area (Å²) in [6.07, 6.45) is 3.65. The summed E-state index contributed by atoms with van der Waals surface area (Å²) >= 11 is 1.69. The van der Waals surface area contributed by atoms with E-state index in [4.69, 9.17) is 4.74 Å². The molecule has 0 aliphatic rings. The standard InChI is InChI=1S/C15H20N4O2S/c20-15(6-11-22-14-4-2-1-3-5-14)17-7-9-21-10-8-19-13-16-12-18-19/h1-5,12-13H,6-11H2,(H,17,20).